The van der Waals surface area contributed by atoms with Crippen LogP contribution in [0.4, 0.5) is 0 Å². The molecule has 0 aromatic rings. The molecule has 2 unspecified atom stereocenters. The van der Waals surface area contributed by atoms with E-state index in [0.717, 1.165) is 0 Å². The summed E-state index contributed by atoms with van der Waals surface area (Å²) in [7, 11) is 0. The van der Waals surface area contributed by atoms with E-state index in [1.807, 2.05) is 0 Å². The first-order valence-corrected chi connectivity index (χ1v) is 3.78. The fourth-order valence-corrected chi connectivity index (χ4v) is 0.739. The number of rotatable bonds is 4. The van der Waals surface area contributed by atoms with Crippen LogP contribution in [-0.4, -0.2) is 23.8 Å². The van der Waals surface area contributed by atoms with Gasteiger partial charge in [-0.1, -0.05) is 0 Å². The summed E-state index contributed by atoms with van der Waals surface area (Å²) in [5, 5.41) is 25.9. The molecule has 70 valence electrons. The summed E-state index contributed by atoms with van der Waals surface area (Å²) in [4.78, 5) is 11.0. The second-order valence-electron chi connectivity index (χ2n) is 2.29. The highest BCUT2D eigenvalue weighted by molar-refractivity contribution is 5.75. The van der Waals surface area contributed by atoms with Gasteiger partial charge in [-0.15, -0.1) is 0 Å². The molecule has 0 fully saturated rings. The van der Waals surface area contributed by atoms with E-state index in [2.05, 4.69) is 4.74 Å². The van der Waals surface area contributed by atoms with E-state index in [1.54, 1.807) is 19.1 Å². The average molecular weight is 182 g/mol. The third-order valence-corrected chi connectivity index (χ3v) is 1.36. The number of aliphatic hydroxyl groups is 1. The number of hydrogen-bond donors (Lipinski definition) is 1. The van der Waals surface area contributed by atoms with Gasteiger partial charge in [-0.25, -0.2) is 0 Å². The van der Waals surface area contributed by atoms with Gasteiger partial charge >= 0.3 is 5.97 Å². The number of carbonyl (C=O) groups is 1. The lowest BCUT2D eigenvalue weighted by Crippen LogP contribution is -2.28. The van der Waals surface area contributed by atoms with Crippen molar-refractivity contribution in [3.8, 4) is 12.1 Å². The molecule has 0 saturated carbocycles. The minimum absolute atomic E-state index is 0.149. The van der Waals surface area contributed by atoms with Crippen molar-refractivity contribution in [2.45, 2.75) is 19.4 Å². The lowest BCUT2D eigenvalue weighted by atomic mass is 10.0. The van der Waals surface area contributed by atoms with Gasteiger partial charge in [-0.2, -0.15) is 10.5 Å². The van der Waals surface area contributed by atoms with Crippen LogP contribution >= 0.6 is 0 Å². The number of aliphatic hydroxyl groups excluding tert-OH is 1. The fraction of sp³-hybridized carbons (Fsp3) is 0.625. The molecule has 0 saturated heterocycles. The quantitative estimate of drug-likeness (QED) is 0.616. The van der Waals surface area contributed by atoms with Crippen molar-refractivity contribution in [3.63, 3.8) is 0 Å². The average Bonchev–Trinajstić information content (AvgIpc) is 2.06. The second kappa shape index (κ2) is 5.99. The highest BCUT2D eigenvalue weighted by Gasteiger charge is 2.27. The molecule has 0 rings (SSSR count). The van der Waals surface area contributed by atoms with E-state index in [4.69, 9.17) is 15.6 Å². The van der Waals surface area contributed by atoms with Gasteiger partial charge in [-0.05, 0) is 6.92 Å². The summed E-state index contributed by atoms with van der Waals surface area (Å²) in [6, 6.07) is 3.27. The molecule has 0 aliphatic rings. The molecular weight excluding hydrogens is 172 g/mol. The molecule has 0 bridgehead atoms. The van der Waals surface area contributed by atoms with Crippen LogP contribution < -0.4 is 0 Å². The highest BCUT2D eigenvalue weighted by Crippen LogP contribution is 2.08. The maximum atomic E-state index is 11.0. The molecular formula is C8H10N2O3. The van der Waals surface area contributed by atoms with E-state index in [-0.39, 0.29) is 13.0 Å². The van der Waals surface area contributed by atoms with Gasteiger partial charge in [0, 0.05) is 0 Å². The Labute approximate surface area is 76.1 Å². The molecule has 0 heterocycles. The zero-order valence-corrected chi connectivity index (χ0v) is 7.23. The Bertz CT molecular complexity index is 251. The summed E-state index contributed by atoms with van der Waals surface area (Å²) >= 11 is 0. The minimum Gasteiger partial charge on any atom is -0.465 e. The molecule has 1 N–H and O–H groups in total. The van der Waals surface area contributed by atoms with E-state index in [9.17, 15) is 4.79 Å². The third-order valence-electron chi connectivity index (χ3n) is 1.36. The lowest BCUT2D eigenvalue weighted by Gasteiger charge is -2.11. The Hall–Kier alpha value is -1.59. The Morgan fingerprint density at radius 3 is 2.62 bits per heavy atom. The van der Waals surface area contributed by atoms with Gasteiger partial charge in [0.15, 0.2) is 5.92 Å². The number of ether oxygens (including phenoxy) is 1. The first kappa shape index (κ1) is 11.4. The van der Waals surface area contributed by atoms with Crippen molar-refractivity contribution < 1.29 is 14.6 Å². The Kier molecular flexibility index (Phi) is 5.25. The molecule has 0 aromatic heterocycles. The minimum atomic E-state index is -1.27. The molecule has 0 aliphatic heterocycles. The van der Waals surface area contributed by atoms with Gasteiger partial charge in [0.1, 0.15) is 0 Å². The maximum absolute atomic E-state index is 11.0. The van der Waals surface area contributed by atoms with Crippen LogP contribution in [0.5, 0.6) is 0 Å². The first-order chi connectivity index (χ1) is 6.17. The predicted octanol–water partition coefficient (Wildman–Crippen LogP) is -0.0361. The van der Waals surface area contributed by atoms with Crippen LogP contribution in [0.15, 0.2) is 0 Å². The van der Waals surface area contributed by atoms with Crippen LogP contribution in [0.3, 0.4) is 0 Å². The topological polar surface area (TPSA) is 94.1 Å². The summed E-state index contributed by atoms with van der Waals surface area (Å²) in [5.74, 6) is -2.05. The largest absolute Gasteiger partial charge is 0.465 e. The standard InChI is InChI=1S/C8H10N2O3/c1-2-13-8(12)6(5-10)7(11)3-4-9/h6-7,11H,2-3H2,1H3. The van der Waals surface area contributed by atoms with E-state index in [1.165, 1.54) is 0 Å². The summed E-state index contributed by atoms with van der Waals surface area (Å²) in [5.41, 5.74) is 0. The molecule has 0 radical (unpaired) electrons. The molecule has 5 nitrogen and oxygen atoms in total. The molecule has 0 aromatic carbocycles. The zero-order chi connectivity index (χ0) is 10.3. The number of nitriles is 2. The Morgan fingerprint density at radius 2 is 2.23 bits per heavy atom. The molecule has 0 spiro atoms. The van der Waals surface area contributed by atoms with Crippen LogP contribution in [0.25, 0.3) is 0 Å². The number of hydrogen-bond acceptors (Lipinski definition) is 5. The molecule has 5 heteroatoms. The Balaban J connectivity index is 4.27. The van der Waals surface area contributed by atoms with Crippen molar-refractivity contribution in [1.29, 1.82) is 10.5 Å². The summed E-state index contributed by atoms with van der Waals surface area (Å²) < 4.78 is 4.53. The first-order valence-electron chi connectivity index (χ1n) is 3.78. The maximum Gasteiger partial charge on any atom is 0.326 e. The molecule has 0 amide bonds. The third kappa shape index (κ3) is 3.55. The molecule has 2 atom stereocenters. The predicted molar refractivity (Wildman–Crippen MR) is 42.0 cm³/mol. The van der Waals surface area contributed by atoms with Gasteiger partial charge in [0.2, 0.25) is 0 Å². The van der Waals surface area contributed by atoms with Crippen molar-refractivity contribution in [2.75, 3.05) is 6.61 Å². The number of esters is 1. The fourth-order valence-electron chi connectivity index (χ4n) is 0.739. The number of carbonyl (C=O) groups excluding carboxylic acids is 1. The molecule has 0 aliphatic carbocycles. The van der Waals surface area contributed by atoms with Crippen LogP contribution in [0, 0.1) is 28.6 Å². The normalized spacial score (nSPS) is 13.5. The zero-order valence-electron chi connectivity index (χ0n) is 7.23. The van der Waals surface area contributed by atoms with Crippen LogP contribution in [-0.2, 0) is 9.53 Å². The second-order valence-corrected chi connectivity index (χ2v) is 2.29. The van der Waals surface area contributed by atoms with Crippen molar-refractivity contribution in [3.05, 3.63) is 0 Å². The Morgan fingerprint density at radius 1 is 1.62 bits per heavy atom. The van der Waals surface area contributed by atoms with Crippen LogP contribution in [0.1, 0.15) is 13.3 Å². The monoisotopic (exact) mass is 182 g/mol. The van der Waals surface area contributed by atoms with Crippen molar-refractivity contribution in [1.82, 2.24) is 0 Å². The van der Waals surface area contributed by atoms with E-state index < -0.39 is 18.0 Å². The summed E-state index contributed by atoms with van der Waals surface area (Å²) in [6.45, 7) is 1.75. The van der Waals surface area contributed by atoms with Gasteiger partial charge in [-0.3, -0.25) is 4.79 Å². The van der Waals surface area contributed by atoms with Crippen molar-refractivity contribution in [2.24, 2.45) is 5.92 Å². The van der Waals surface area contributed by atoms with Crippen LogP contribution in [0.2, 0.25) is 0 Å². The van der Waals surface area contributed by atoms with E-state index >= 15 is 0 Å². The smallest absolute Gasteiger partial charge is 0.326 e. The van der Waals surface area contributed by atoms with Crippen molar-refractivity contribution >= 4 is 5.97 Å². The highest BCUT2D eigenvalue weighted by atomic mass is 16.5. The van der Waals surface area contributed by atoms with E-state index in [0.29, 0.717) is 0 Å². The number of nitrogens with zero attached hydrogens (tertiary/aromatic N) is 2. The molecule has 13 heavy (non-hydrogen) atoms. The SMILES string of the molecule is CCOC(=O)C(C#N)C(O)CC#N. The van der Waals surface area contributed by atoms with Gasteiger partial charge in [0.05, 0.1) is 31.3 Å². The van der Waals surface area contributed by atoms with Gasteiger partial charge < -0.3 is 9.84 Å². The summed E-state index contributed by atoms with van der Waals surface area (Å²) in [6.07, 6.45) is -1.52. The lowest BCUT2D eigenvalue weighted by molar-refractivity contribution is -0.149. The van der Waals surface area contributed by atoms with Gasteiger partial charge in [0.25, 0.3) is 0 Å².